The number of piperidine rings is 1. The number of hydrogen-bond donors (Lipinski definition) is 1. The second-order valence-electron chi connectivity index (χ2n) is 7.57. The molecule has 0 aliphatic carbocycles. The van der Waals surface area contributed by atoms with Gasteiger partial charge >= 0.3 is 0 Å². The van der Waals surface area contributed by atoms with Crippen LogP contribution in [-0.4, -0.2) is 41.3 Å². The Morgan fingerprint density at radius 2 is 1.38 bits per heavy atom. The molecule has 0 aromatic heterocycles. The second kappa shape index (κ2) is 8.33. The summed E-state index contributed by atoms with van der Waals surface area (Å²) < 4.78 is 59.9. The van der Waals surface area contributed by atoms with Gasteiger partial charge in [0.05, 0.1) is 16.9 Å². The third kappa shape index (κ3) is 4.91. The summed E-state index contributed by atoms with van der Waals surface area (Å²) in [4.78, 5) is 0.248. The maximum Gasteiger partial charge on any atom is 0.261 e. The lowest BCUT2D eigenvalue weighted by molar-refractivity contribution is 0.222. The zero-order chi connectivity index (χ0) is 21.2. The molecule has 158 valence electrons. The first-order chi connectivity index (χ1) is 13.6. The van der Waals surface area contributed by atoms with Crippen molar-refractivity contribution in [3.05, 3.63) is 48.5 Å². The van der Waals surface area contributed by atoms with E-state index >= 15 is 0 Å². The molecule has 1 aliphatic rings. The number of benzene rings is 2. The largest absolute Gasteiger partial charge is 0.497 e. The predicted octanol–water partition coefficient (Wildman–Crippen LogP) is 3.16. The Labute approximate surface area is 172 Å². The summed E-state index contributed by atoms with van der Waals surface area (Å²) in [5.41, 5.74) is 0.292. The molecule has 1 saturated heterocycles. The van der Waals surface area contributed by atoms with Crippen molar-refractivity contribution in [3.8, 4) is 5.75 Å². The van der Waals surface area contributed by atoms with Crippen LogP contribution < -0.4 is 9.46 Å². The Balaban J connectivity index is 1.77. The summed E-state index contributed by atoms with van der Waals surface area (Å²) >= 11 is 0. The van der Waals surface area contributed by atoms with Gasteiger partial charge in [-0.25, -0.2) is 16.8 Å². The van der Waals surface area contributed by atoms with Gasteiger partial charge in [-0.2, -0.15) is 4.31 Å². The summed E-state index contributed by atoms with van der Waals surface area (Å²) in [5, 5.41) is 0. The van der Waals surface area contributed by atoms with Crippen LogP contribution in [0.15, 0.2) is 58.3 Å². The molecule has 1 heterocycles. The fourth-order valence-electron chi connectivity index (χ4n) is 3.61. The van der Waals surface area contributed by atoms with Gasteiger partial charge in [-0.3, -0.25) is 4.72 Å². The second-order valence-corrected chi connectivity index (χ2v) is 11.2. The van der Waals surface area contributed by atoms with Crippen LogP contribution in [0.5, 0.6) is 5.75 Å². The van der Waals surface area contributed by atoms with Crippen molar-refractivity contribution in [1.82, 2.24) is 4.31 Å². The fraction of sp³-hybridized carbons (Fsp3) is 0.400. The topological polar surface area (TPSA) is 92.8 Å². The fourth-order valence-corrected chi connectivity index (χ4v) is 6.35. The minimum Gasteiger partial charge on any atom is -0.497 e. The SMILES string of the molecule is COc1ccc(S(=O)(=O)Nc2ccc(S(=O)(=O)N3C[C@H](C)C[C@@H](C)C3)cc2)cc1. The smallest absolute Gasteiger partial charge is 0.261 e. The number of nitrogens with one attached hydrogen (secondary N) is 1. The first-order valence-electron chi connectivity index (χ1n) is 9.39. The molecule has 9 heteroatoms. The van der Waals surface area contributed by atoms with Crippen LogP contribution in [0.4, 0.5) is 5.69 Å². The predicted molar refractivity (Wildman–Crippen MR) is 112 cm³/mol. The van der Waals surface area contributed by atoms with Gasteiger partial charge in [0, 0.05) is 18.8 Å². The van der Waals surface area contributed by atoms with Crippen molar-refractivity contribution in [2.45, 2.75) is 30.1 Å². The van der Waals surface area contributed by atoms with E-state index in [1.165, 1.54) is 47.8 Å². The highest BCUT2D eigenvalue weighted by Crippen LogP contribution is 2.27. The van der Waals surface area contributed by atoms with Crippen molar-refractivity contribution in [1.29, 1.82) is 0 Å². The Morgan fingerprint density at radius 1 is 0.862 bits per heavy atom. The molecule has 2 aromatic rings. The van der Waals surface area contributed by atoms with E-state index in [0.717, 1.165) is 6.42 Å². The lowest BCUT2D eigenvalue weighted by atomic mass is 9.94. The van der Waals surface area contributed by atoms with Crippen LogP contribution in [0.1, 0.15) is 20.3 Å². The van der Waals surface area contributed by atoms with Gasteiger partial charge in [-0.1, -0.05) is 13.8 Å². The average molecular weight is 439 g/mol. The first kappa shape index (κ1) is 21.6. The molecule has 3 rings (SSSR count). The van der Waals surface area contributed by atoms with E-state index in [4.69, 9.17) is 4.74 Å². The van der Waals surface area contributed by atoms with Crippen LogP contribution in [0.2, 0.25) is 0 Å². The van der Waals surface area contributed by atoms with Crippen molar-refractivity contribution in [3.63, 3.8) is 0 Å². The van der Waals surface area contributed by atoms with E-state index in [1.807, 2.05) is 0 Å². The molecular formula is C20H26N2O5S2. The van der Waals surface area contributed by atoms with Gasteiger partial charge in [0.25, 0.3) is 10.0 Å². The standard InChI is InChI=1S/C20H26N2O5S2/c1-15-12-16(2)14-22(13-15)29(25,26)20-8-4-17(5-9-20)21-28(23,24)19-10-6-18(27-3)7-11-19/h4-11,15-16,21H,12-14H2,1-3H3/t15-,16-/m1/s1. The molecule has 0 spiro atoms. The van der Waals surface area contributed by atoms with E-state index < -0.39 is 20.0 Å². The molecule has 1 aliphatic heterocycles. The molecule has 0 unspecified atom stereocenters. The molecular weight excluding hydrogens is 412 g/mol. The molecule has 2 aromatic carbocycles. The first-order valence-corrected chi connectivity index (χ1v) is 12.3. The maximum absolute atomic E-state index is 12.9. The quantitative estimate of drug-likeness (QED) is 0.748. The highest BCUT2D eigenvalue weighted by molar-refractivity contribution is 7.92. The van der Waals surface area contributed by atoms with Crippen LogP contribution >= 0.6 is 0 Å². The molecule has 1 N–H and O–H groups in total. The lowest BCUT2D eigenvalue weighted by Gasteiger charge is -2.34. The van der Waals surface area contributed by atoms with Gasteiger partial charge in [-0.05, 0) is 66.8 Å². The molecule has 0 radical (unpaired) electrons. The highest BCUT2D eigenvalue weighted by atomic mass is 32.2. The van der Waals surface area contributed by atoms with Crippen LogP contribution in [0.3, 0.4) is 0 Å². The number of ether oxygens (including phenoxy) is 1. The number of rotatable bonds is 6. The molecule has 0 amide bonds. The molecule has 1 fully saturated rings. The minimum absolute atomic E-state index is 0.0892. The molecule has 7 nitrogen and oxygen atoms in total. The molecule has 0 saturated carbocycles. The van der Waals surface area contributed by atoms with E-state index in [1.54, 1.807) is 12.1 Å². The summed E-state index contributed by atoms with van der Waals surface area (Å²) in [7, 11) is -5.89. The Hall–Kier alpha value is -2.10. The summed E-state index contributed by atoms with van der Waals surface area (Å²) in [5.74, 6) is 1.17. The van der Waals surface area contributed by atoms with Crippen molar-refractivity contribution < 1.29 is 21.6 Å². The average Bonchev–Trinajstić information content (AvgIpc) is 2.67. The zero-order valence-corrected chi connectivity index (χ0v) is 18.3. The normalized spacial score (nSPS) is 20.9. The molecule has 29 heavy (non-hydrogen) atoms. The summed E-state index contributed by atoms with van der Waals surface area (Å²) in [6.07, 6.45) is 1.01. The molecule has 2 atom stereocenters. The highest BCUT2D eigenvalue weighted by Gasteiger charge is 2.31. The van der Waals surface area contributed by atoms with Gasteiger partial charge in [0.1, 0.15) is 5.75 Å². The number of methoxy groups -OCH3 is 1. The van der Waals surface area contributed by atoms with Gasteiger partial charge < -0.3 is 4.74 Å². The van der Waals surface area contributed by atoms with Gasteiger partial charge in [0.15, 0.2) is 0 Å². The Morgan fingerprint density at radius 3 is 1.90 bits per heavy atom. The third-order valence-electron chi connectivity index (χ3n) is 4.95. The maximum atomic E-state index is 12.9. The van der Waals surface area contributed by atoms with Crippen LogP contribution in [-0.2, 0) is 20.0 Å². The number of hydrogen-bond acceptors (Lipinski definition) is 5. The minimum atomic E-state index is -3.79. The van der Waals surface area contributed by atoms with E-state index in [2.05, 4.69) is 18.6 Å². The summed E-state index contributed by atoms with van der Waals surface area (Å²) in [6, 6.07) is 11.8. The Kier molecular flexibility index (Phi) is 6.21. The lowest BCUT2D eigenvalue weighted by Crippen LogP contribution is -2.42. The third-order valence-corrected chi connectivity index (χ3v) is 8.19. The number of sulfonamides is 2. The Bertz CT molecular complexity index is 1040. The number of anilines is 1. The van der Waals surface area contributed by atoms with E-state index in [0.29, 0.717) is 36.4 Å². The van der Waals surface area contributed by atoms with E-state index in [-0.39, 0.29) is 9.79 Å². The van der Waals surface area contributed by atoms with Crippen molar-refractivity contribution in [2.75, 3.05) is 24.9 Å². The zero-order valence-electron chi connectivity index (χ0n) is 16.7. The van der Waals surface area contributed by atoms with Crippen molar-refractivity contribution >= 4 is 25.7 Å². The summed E-state index contributed by atoms with van der Waals surface area (Å²) in [6.45, 7) is 5.10. The monoisotopic (exact) mass is 438 g/mol. The van der Waals surface area contributed by atoms with Gasteiger partial charge in [-0.15, -0.1) is 0 Å². The van der Waals surface area contributed by atoms with Crippen molar-refractivity contribution in [2.24, 2.45) is 11.8 Å². The number of nitrogens with zero attached hydrogens (tertiary/aromatic N) is 1. The van der Waals surface area contributed by atoms with Crippen LogP contribution in [0, 0.1) is 11.8 Å². The van der Waals surface area contributed by atoms with Crippen LogP contribution in [0.25, 0.3) is 0 Å². The van der Waals surface area contributed by atoms with Gasteiger partial charge in [0.2, 0.25) is 10.0 Å². The van der Waals surface area contributed by atoms with E-state index in [9.17, 15) is 16.8 Å². The molecule has 0 bridgehead atoms.